The van der Waals surface area contributed by atoms with Crippen LogP contribution in [0.3, 0.4) is 0 Å². The maximum atomic E-state index is 9.55. The van der Waals surface area contributed by atoms with E-state index in [1.807, 2.05) is 6.34 Å². The second kappa shape index (κ2) is 6.64. The van der Waals surface area contributed by atoms with Gasteiger partial charge in [0.25, 0.3) is 0 Å². The SMILES string of the molecule is Cc1cc2c(cc1C)CC1(CNC=N1)C2.O=C(O)/C=C/C(=O)O. The van der Waals surface area contributed by atoms with Crippen LogP contribution in [0, 0.1) is 13.8 Å². The molecule has 1 aliphatic heterocycles. The number of fused-ring (bicyclic) bond motifs is 1. The lowest BCUT2D eigenvalue weighted by molar-refractivity contribution is -0.134. The van der Waals surface area contributed by atoms with Gasteiger partial charge < -0.3 is 15.5 Å². The van der Waals surface area contributed by atoms with E-state index in [0.717, 1.165) is 19.4 Å². The van der Waals surface area contributed by atoms with Gasteiger partial charge in [-0.15, -0.1) is 0 Å². The van der Waals surface area contributed by atoms with Gasteiger partial charge in [0, 0.05) is 18.7 Å². The Balaban J connectivity index is 0.000000207. The van der Waals surface area contributed by atoms with Crippen LogP contribution in [0.15, 0.2) is 29.3 Å². The molecule has 0 radical (unpaired) electrons. The lowest BCUT2D eigenvalue weighted by atomic mass is 9.98. The molecule has 0 saturated heterocycles. The van der Waals surface area contributed by atoms with Gasteiger partial charge in [-0.3, -0.25) is 4.99 Å². The first-order valence-corrected chi connectivity index (χ1v) is 7.31. The molecule has 0 saturated carbocycles. The minimum atomic E-state index is -1.26. The zero-order chi connectivity index (χ0) is 17.0. The molecular formula is C17H20N2O4. The van der Waals surface area contributed by atoms with E-state index in [0.29, 0.717) is 12.2 Å². The van der Waals surface area contributed by atoms with Crippen molar-refractivity contribution >= 4 is 18.3 Å². The summed E-state index contributed by atoms with van der Waals surface area (Å²) in [6.45, 7) is 5.38. The summed E-state index contributed by atoms with van der Waals surface area (Å²) in [7, 11) is 0. The molecule has 1 heterocycles. The lowest BCUT2D eigenvalue weighted by Gasteiger charge is -2.17. The van der Waals surface area contributed by atoms with Gasteiger partial charge in [-0.05, 0) is 48.9 Å². The number of aliphatic imine (C=N–C) groups is 1. The number of aliphatic carboxylic acids is 2. The molecule has 2 aliphatic rings. The molecule has 6 nitrogen and oxygen atoms in total. The van der Waals surface area contributed by atoms with Gasteiger partial charge in [-0.25, -0.2) is 9.59 Å². The number of rotatable bonds is 2. The molecule has 122 valence electrons. The molecule has 0 bridgehead atoms. The number of nitrogens with zero attached hydrogens (tertiary/aromatic N) is 1. The number of aryl methyl sites for hydroxylation is 2. The molecule has 1 aromatic carbocycles. The molecule has 1 aliphatic carbocycles. The van der Waals surface area contributed by atoms with E-state index in [2.05, 4.69) is 36.3 Å². The average molecular weight is 316 g/mol. The van der Waals surface area contributed by atoms with Crippen molar-refractivity contribution in [2.75, 3.05) is 6.54 Å². The highest BCUT2D eigenvalue weighted by Gasteiger charge is 2.38. The Hall–Kier alpha value is -2.63. The summed E-state index contributed by atoms with van der Waals surface area (Å²) < 4.78 is 0. The molecule has 0 fully saturated rings. The van der Waals surface area contributed by atoms with Crippen molar-refractivity contribution in [3.8, 4) is 0 Å². The second-order valence-corrected chi connectivity index (χ2v) is 5.93. The van der Waals surface area contributed by atoms with Crippen LogP contribution in [-0.4, -0.2) is 40.6 Å². The highest BCUT2D eigenvalue weighted by atomic mass is 16.4. The van der Waals surface area contributed by atoms with E-state index in [1.54, 1.807) is 0 Å². The number of carboxylic acids is 2. The van der Waals surface area contributed by atoms with E-state index in [9.17, 15) is 9.59 Å². The lowest BCUT2D eigenvalue weighted by Crippen LogP contribution is -2.32. The summed E-state index contributed by atoms with van der Waals surface area (Å²) in [5.41, 5.74) is 5.95. The van der Waals surface area contributed by atoms with Gasteiger partial charge >= 0.3 is 11.9 Å². The molecule has 3 N–H and O–H groups in total. The summed E-state index contributed by atoms with van der Waals surface area (Å²) >= 11 is 0. The molecule has 6 heteroatoms. The largest absolute Gasteiger partial charge is 0.478 e. The highest BCUT2D eigenvalue weighted by Crippen LogP contribution is 2.35. The number of benzene rings is 1. The van der Waals surface area contributed by atoms with E-state index >= 15 is 0 Å². The topological polar surface area (TPSA) is 99.0 Å². The Morgan fingerprint density at radius 2 is 1.57 bits per heavy atom. The van der Waals surface area contributed by atoms with E-state index in [4.69, 9.17) is 10.2 Å². The number of hydrogen-bond donors (Lipinski definition) is 3. The minimum absolute atomic E-state index is 0.141. The van der Waals surface area contributed by atoms with Crippen LogP contribution in [0.1, 0.15) is 22.3 Å². The Kier molecular flexibility index (Phi) is 4.83. The highest BCUT2D eigenvalue weighted by molar-refractivity contribution is 5.89. The molecule has 1 spiro atoms. The van der Waals surface area contributed by atoms with Crippen molar-refractivity contribution < 1.29 is 19.8 Å². The summed E-state index contributed by atoms with van der Waals surface area (Å²) in [5.74, 6) is -2.51. The summed E-state index contributed by atoms with van der Waals surface area (Å²) in [6, 6.07) is 4.68. The van der Waals surface area contributed by atoms with E-state index in [1.165, 1.54) is 22.3 Å². The quantitative estimate of drug-likeness (QED) is 0.718. The molecule has 0 aromatic heterocycles. The van der Waals surface area contributed by atoms with Crippen LogP contribution in [0.25, 0.3) is 0 Å². The molecule has 0 amide bonds. The smallest absolute Gasteiger partial charge is 0.328 e. The number of carbonyl (C=O) groups is 2. The third-order valence-electron chi connectivity index (χ3n) is 4.08. The Morgan fingerprint density at radius 1 is 1.09 bits per heavy atom. The maximum absolute atomic E-state index is 9.55. The fourth-order valence-corrected chi connectivity index (χ4v) is 2.86. The van der Waals surface area contributed by atoms with Crippen LogP contribution in [0.4, 0.5) is 0 Å². The van der Waals surface area contributed by atoms with Gasteiger partial charge in [-0.2, -0.15) is 0 Å². The minimum Gasteiger partial charge on any atom is -0.478 e. The van der Waals surface area contributed by atoms with E-state index in [-0.39, 0.29) is 5.54 Å². The van der Waals surface area contributed by atoms with Gasteiger partial charge in [0.15, 0.2) is 0 Å². The summed E-state index contributed by atoms with van der Waals surface area (Å²) in [5, 5.41) is 18.9. The first-order chi connectivity index (χ1) is 10.8. The van der Waals surface area contributed by atoms with Gasteiger partial charge in [0.1, 0.15) is 0 Å². The summed E-state index contributed by atoms with van der Waals surface area (Å²) in [4.78, 5) is 23.7. The number of carboxylic acid groups (broad SMARTS) is 2. The van der Waals surface area contributed by atoms with Crippen LogP contribution in [0.5, 0.6) is 0 Å². The zero-order valence-electron chi connectivity index (χ0n) is 13.2. The predicted molar refractivity (Wildman–Crippen MR) is 87.0 cm³/mol. The first-order valence-electron chi connectivity index (χ1n) is 7.31. The monoisotopic (exact) mass is 316 g/mol. The van der Waals surface area contributed by atoms with Crippen LogP contribution >= 0.6 is 0 Å². The van der Waals surface area contributed by atoms with Gasteiger partial charge in [0.2, 0.25) is 0 Å². The van der Waals surface area contributed by atoms with Crippen molar-refractivity contribution in [2.45, 2.75) is 32.2 Å². The van der Waals surface area contributed by atoms with Crippen LogP contribution in [-0.2, 0) is 22.4 Å². The number of hydrogen-bond acceptors (Lipinski definition) is 4. The van der Waals surface area contributed by atoms with Crippen LogP contribution < -0.4 is 5.32 Å². The van der Waals surface area contributed by atoms with Crippen molar-refractivity contribution in [3.63, 3.8) is 0 Å². The normalized spacial score (nSPS) is 16.8. The third kappa shape index (κ3) is 4.18. The van der Waals surface area contributed by atoms with Crippen molar-refractivity contribution in [1.29, 1.82) is 0 Å². The molecule has 23 heavy (non-hydrogen) atoms. The third-order valence-corrected chi connectivity index (χ3v) is 4.08. The fraction of sp³-hybridized carbons (Fsp3) is 0.353. The second-order valence-electron chi connectivity index (χ2n) is 5.93. The van der Waals surface area contributed by atoms with Gasteiger partial charge in [0.05, 0.1) is 11.9 Å². The number of nitrogens with one attached hydrogen (secondary N) is 1. The van der Waals surface area contributed by atoms with Crippen molar-refractivity contribution in [2.24, 2.45) is 4.99 Å². The Labute approximate surface area is 134 Å². The zero-order valence-corrected chi connectivity index (χ0v) is 13.2. The standard InChI is InChI=1S/C13H16N2.C4H4O4/c1-9-3-11-5-13(7-14-8-15-13)6-12(11)4-10(9)2;5-3(6)1-2-4(7)8/h3-4,8H,5-7H2,1-2H3,(H,14,15);1-2H,(H,5,6)(H,7,8)/b;2-1+. The van der Waals surface area contributed by atoms with E-state index < -0.39 is 11.9 Å². The van der Waals surface area contributed by atoms with Gasteiger partial charge in [-0.1, -0.05) is 12.1 Å². The first kappa shape index (κ1) is 16.7. The van der Waals surface area contributed by atoms with Crippen molar-refractivity contribution in [1.82, 2.24) is 5.32 Å². The molecular weight excluding hydrogens is 296 g/mol. The van der Waals surface area contributed by atoms with Crippen molar-refractivity contribution in [3.05, 3.63) is 46.5 Å². The summed E-state index contributed by atoms with van der Waals surface area (Å²) in [6.07, 6.45) is 5.19. The fourth-order valence-electron chi connectivity index (χ4n) is 2.86. The predicted octanol–water partition coefficient (Wildman–Crippen LogP) is 1.48. The molecule has 0 atom stereocenters. The molecule has 3 rings (SSSR count). The Bertz CT molecular complexity index is 645. The molecule has 0 unspecified atom stereocenters. The van der Waals surface area contributed by atoms with Crippen LogP contribution in [0.2, 0.25) is 0 Å². The maximum Gasteiger partial charge on any atom is 0.328 e. The molecule has 1 aromatic rings. The Morgan fingerprint density at radius 3 is 1.91 bits per heavy atom. The average Bonchev–Trinajstić information content (AvgIpc) is 3.05.